The fourth-order valence-electron chi connectivity index (χ4n) is 17.4. The van der Waals surface area contributed by atoms with Gasteiger partial charge in [0.15, 0.2) is 62.9 Å². The number of carbonyl (C=O) groups is 7. The summed E-state index contributed by atoms with van der Waals surface area (Å²) in [4.78, 5) is 84.2. The smallest absolute Gasteiger partial charge is 0.367 e. The molecule has 150 heavy (non-hydrogen) atoms. The van der Waals surface area contributed by atoms with Crippen molar-refractivity contribution in [1.29, 1.82) is 0 Å². The van der Waals surface area contributed by atoms with Crippen LogP contribution in [0, 0.1) is 86.0 Å². The van der Waals surface area contributed by atoms with Crippen molar-refractivity contribution in [1.82, 2.24) is 0 Å². The number of benzene rings is 3. The summed E-state index contributed by atoms with van der Waals surface area (Å²) in [7, 11) is -26.5. The zero-order valence-electron chi connectivity index (χ0n) is 83.0. The molecule has 0 spiro atoms. The summed E-state index contributed by atoms with van der Waals surface area (Å²) in [5.41, 5.74) is 4.92. The van der Waals surface area contributed by atoms with Crippen LogP contribution in [-0.4, -0.2) is 333 Å². The quantitative estimate of drug-likeness (QED) is 0.0130. The summed E-state index contributed by atoms with van der Waals surface area (Å²) < 4.78 is 365. The number of allylic oxidation sites excluding steroid dienone is 1. The zero-order valence-corrected chi connectivity index (χ0v) is 87.1. The molecule has 9 saturated heterocycles. The average molecular weight is 2250 g/mol. The van der Waals surface area contributed by atoms with Gasteiger partial charge < -0.3 is 118 Å². The molecule has 3 saturated carbocycles. The average Bonchev–Trinajstić information content (AvgIpc) is 1.54. The molecule has 9 heterocycles. The molecule has 3 aromatic carbocycles. The van der Waals surface area contributed by atoms with Gasteiger partial charge in [-0.15, -0.1) is 0 Å². The zero-order chi connectivity index (χ0) is 104. The van der Waals surface area contributed by atoms with Crippen molar-refractivity contribution in [3.8, 4) is 11.5 Å². The van der Waals surface area contributed by atoms with Crippen molar-refractivity contribution in [2.24, 2.45) is 41.4 Å². The van der Waals surface area contributed by atoms with Gasteiger partial charge in [0.25, 0.3) is 5.92 Å². The van der Waals surface area contributed by atoms with E-state index in [2.05, 4.69) is 18.9 Å². The third-order valence-electron chi connectivity index (χ3n) is 25.4. The Hall–Kier alpha value is -9.20. The second-order valence-corrected chi connectivity index (χ2v) is 44.1. The number of halogens is 8. The highest BCUT2D eigenvalue weighted by atomic mass is 32.2. The third kappa shape index (κ3) is 37.3. The Bertz CT molecular complexity index is 5720. The maximum Gasteiger partial charge on any atom is 0.367 e. The molecular weight excluding hydrogens is 2130 g/mol. The van der Waals surface area contributed by atoms with Crippen LogP contribution in [-0.2, 0) is 184 Å². The summed E-state index contributed by atoms with van der Waals surface area (Å²) in [5.74, 6) is -10.7. The first kappa shape index (κ1) is 128. The number of carbonyl (C=O) groups excluding carboxylic acids is 7. The summed E-state index contributed by atoms with van der Waals surface area (Å²) in [6.45, 7) is 1.10. The molecule has 0 radical (unpaired) electrons. The van der Waals surface area contributed by atoms with Gasteiger partial charge >= 0.3 is 57.5 Å². The van der Waals surface area contributed by atoms with Gasteiger partial charge in [-0.1, -0.05) is 43.2 Å². The molecule has 15 aliphatic rings. The van der Waals surface area contributed by atoms with Crippen LogP contribution < -0.4 is 9.47 Å². The SMILES string of the molecule is CC(F)(F)COC(=O)C1=CCc2ccc(OCC3CO3)cc21.O=C(OCC(F)(F)S(=O)(=O)[O-])C1=Cc2ccc(OCC3CO3)cc2C1.O=C(OCC(F)(F)S(=O)(=O)[O-])C1CCCC2C(OCC3CO3)CCCC12.O=C(OCC(F)(F)S(=O)(=O)[O-])c1cccc2c1CCCC2OCC1CO1.O=C(OCCS(=O)(=O)[O-])C1C2OC3C(OC(=O)C31)C2OCC1CO1.O=C(OCCS(=O)(=O)[O-])C1CCC(COCC2CO2)CC1.[CH3+].[CH3+].[CH3+].[CH3+].[CH3+].[CH3+]. The Balaban J connectivity index is 0.000000242. The van der Waals surface area contributed by atoms with E-state index < -0.39 is 201 Å². The minimum absolute atomic E-state index is 0. The summed E-state index contributed by atoms with van der Waals surface area (Å²) in [6, 6.07) is 15.3. The molecule has 840 valence electrons. The Labute approximate surface area is 865 Å². The topological polar surface area (TPSA) is 610 Å². The van der Waals surface area contributed by atoms with E-state index >= 15 is 0 Å². The van der Waals surface area contributed by atoms with Crippen molar-refractivity contribution in [2.45, 2.75) is 198 Å². The summed E-state index contributed by atoms with van der Waals surface area (Å²) in [5, 5.41) is -14.0. The molecule has 2 bridgehead atoms. The lowest BCUT2D eigenvalue weighted by Crippen LogP contribution is -2.47. The maximum absolute atomic E-state index is 13.2. The fourth-order valence-corrected chi connectivity index (χ4v) is 18.6. The number of epoxide rings is 6. The molecule has 6 aliphatic carbocycles. The molecule has 42 nitrogen and oxygen atoms in total. The van der Waals surface area contributed by atoms with E-state index in [1.54, 1.807) is 42.5 Å². The first-order valence-electron chi connectivity index (χ1n) is 46.0. The van der Waals surface area contributed by atoms with Crippen molar-refractivity contribution in [3.05, 3.63) is 150 Å². The highest BCUT2D eigenvalue weighted by Crippen LogP contribution is 2.52. The number of alkyl halides is 8. The van der Waals surface area contributed by atoms with Gasteiger partial charge in [0, 0.05) is 70.1 Å². The number of hydrogen-bond acceptors (Lipinski definition) is 42. The highest BCUT2D eigenvalue weighted by Gasteiger charge is 2.71. The second kappa shape index (κ2) is 54.3. The van der Waals surface area contributed by atoms with Crippen LogP contribution in [0.25, 0.3) is 11.6 Å². The largest absolute Gasteiger partial charge is 0.748 e. The first-order chi connectivity index (χ1) is 67.7. The molecule has 18 rings (SSSR count). The van der Waals surface area contributed by atoms with Crippen molar-refractivity contribution >= 4 is 104 Å². The van der Waals surface area contributed by atoms with Gasteiger partial charge in [-0.2, -0.15) is 26.3 Å². The van der Waals surface area contributed by atoms with E-state index in [1.807, 2.05) is 12.1 Å². The van der Waals surface area contributed by atoms with Gasteiger partial charge in [-0.25, -0.2) is 65.3 Å². The van der Waals surface area contributed by atoms with Gasteiger partial charge in [-0.3, -0.25) is 19.2 Å². The third-order valence-corrected chi connectivity index (χ3v) is 29.3. The molecule has 0 amide bonds. The van der Waals surface area contributed by atoms with Crippen LogP contribution >= 0.6 is 0 Å². The molecule has 3 aromatic rings. The summed E-state index contributed by atoms with van der Waals surface area (Å²) in [6.07, 6.45) is 11.9. The lowest BCUT2D eigenvalue weighted by Gasteiger charge is -2.44. The predicted octanol–water partition coefficient (Wildman–Crippen LogP) is 7.93. The Morgan fingerprint density at radius 2 is 0.967 bits per heavy atom. The lowest BCUT2D eigenvalue weighted by atomic mass is 9.64. The van der Waals surface area contributed by atoms with Gasteiger partial charge in [0.2, 0.25) is 0 Å². The van der Waals surface area contributed by atoms with Crippen molar-refractivity contribution < 1.29 is 228 Å². The second-order valence-electron chi connectivity index (χ2n) is 36.6. The predicted molar refractivity (Wildman–Crippen MR) is 500 cm³/mol. The van der Waals surface area contributed by atoms with Crippen LogP contribution in [0.2, 0.25) is 0 Å². The number of ether oxygens (including phenoxy) is 20. The Morgan fingerprint density at radius 3 is 1.52 bits per heavy atom. The minimum Gasteiger partial charge on any atom is -0.748 e. The molecule has 17 atom stereocenters. The number of fused-ring (bicyclic) bond motifs is 5. The first-order valence-corrected chi connectivity index (χ1v) is 53.4. The van der Waals surface area contributed by atoms with E-state index in [0.717, 1.165) is 93.9 Å². The molecule has 17 unspecified atom stereocenters. The van der Waals surface area contributed by atoms with Crippen molar-refractivity contribution in [2.75, 3.05) is 137 Å². The van der Waals surface area contributed by atoms with E-state index in [-0.39, 0.29) is 135 Å². The fraction of sp³-hybridized carbons (Fsp3) is 0.632. The van der Waals surface area contributed by atoms with Gasteiger partial charge in [0.05, 0.1) is 133 Å². The maximum atomic E-state index is 13.2. The van der Waals surface area contributed by atoms with Crippen LogP contribution in [0.15, 0.2) is 66.2 Å². The normalized spacial score (nSPS) is 26.8. The molecule has 55 heteroatoms. The number of hydrogen-bond donors (Lipinski definition) is 0. The van der Waals surface area contributed by atoms with Gasteiger partial charge in [0.1, 0.15) is 105 Å². The molecule has 0 aromatic heterocycles. The molecule has 9 aliphatic heterocycles. The Morgan fingerprint density at radius 1 is 0.467 bits per heavy atom. The molecule has 0 N–H and O–H groups in total. The monoisotopic (exact) mass is 2250 g/mol. The van der Waals surface area contributed by atoms with Crippen LogP contribution in [0.5, 0.6) is 11.5 Å². The van der Waals surface area contributed by atoms with E-state index in [0.29, 0.717) is 145 Å². The standard InChI is InChI=1S/C16H24F2O7S.C16H18F2O7S.C16H16F2O4.C15H14F2O7S.C13H16O10S.C13H22O7S.6CH3/c2*17-16(18,26(20,21)22)9-25-15(19)13-5-1-4-12-11(13)3-2-6-14(12)24-8-10-7-23-10;1-16(17,18)9-22-15(19)13-5-3-10-2-4-11(6-14(10)13)20-7-12-8-21-12;16-15(17,25(19,20)21)8-24-14(18)11-3-9-1-2-12(5-10(9)4-11)22-6-13-7-23-13;14-12(19-1-2-24(16,17)18)6-7-9-11(23-13(7)15)10(8(6)22-9)21-4-5-3-20-5;14-13(19-5-6-21(15,16)17)11-3-1-10(2-4-11)7-18-8-12-9-20-12;;;;;;/h10-14H,1-9H2,(H,20,21,22);1,4-5,10,14H,2-3,6-9H2,(H,20,21,22);2,4-6,12H,3,7-9H2,1H3;1-3,5,13H,4,6-8H2,(H,19,20,21);5-11H,1-4H2,(H,16,17,18);10-12H,1-9H2,(H,15,16,17);6*1H3/q;;;;;;6*+1/p-5. The van der Waals surface area contributed by atoms with E-state index in [9.17, 15) is 134 Å². The molecule has 12 fully saturated rings. The van der Waals surface area contributed by atoms with Crippen LogP contribution in [0.1, 0.15) is 134 Å². The molecular formula is C95H123F8O42S5+. The lowest BCUT2D eigenvalue weighted by molar-refractivity contribution is -0.162. The summed E-state index contributed by atoms with van der Waals surface area (Å²) >= 11 is 0. The van der Waals surface area contributed by atoms with Crippen LogP contribution in [0.4, 0.5) is 35.1 Å². The number of esters is 7. The van der Waals surface area contributed by atoms with Crippen molar-refractivity contribution in [3.63, 3.8) is 0 Å². The highest BCUT2D eigenvalue weighted by molar-refractivity contribution is 7.87. The number of rotatable bonds is 42. The Kier molecular flexibility index (Phi) is 46.2. The van der Waals surface area contributed by atoms with Gasteiger partial charge in [-0.05, 0) is 165 Å². The van der Waals surface area contributed by atoms with E-state index in [1.165, 1.54) is 12.1 Å². The minimum atomic E-state index is -5.91. The van der Waals surface area contributed by atoms with Crippen LogP contribution in [0.3, 0.4) is 0 Å². The van der Waals surface area contributed by atoms with E-state index in [4.69, 9.17) is 75.8 Å².